The number of halogens is 1. The molecule has 14 heteroatoms. The van der Waals surface area contributed by atoms with Crippen LogP contribution in [0.3, 0.4) is 0 Å². The molecule has 0 atom stereocenters. The number of morpholine rings is 1. The van der Waals surface area contributed by atoms with Crippen molar-refractivity contribution in [1.82, 2.24) is 19.5 Å². The topological polar surface area (TPSA) is 121 Å². The molecule has 0 saturated carbocycles. The fourth-order valence-electron chi connectivity index (χ4n) is 5.78. The molecular weight excluding hydrogens is 676 g/mol. The fraction of sp³-hybridized carbons (Fsp3) is 0.417. The minimum Gasteiger partial charge on any atom is -0.518 e. The molecule has 0 aliphatic carbocycles. The van der Waals surface area contributed by atoms with Gasteiger partial charge in [0.25, 0.3) is 14.3 Å². The van der Waals surface area contributed by atoms with Gasteiger partial charge in [0, 0.05) is 24.0 Å². The van der Waals surface area contributed by atoms with Crippen LogP contribution in [0.1, 0.15) is 39.7 Å². The number of hydrogen-bond donors (Lipinski definition) is 1. The number of ether oxygens (including phenoxy) is 2. The number of aromatic nitrogens is 4. The highest BCUT2D eigenvalue weighted by molar-refractivity contribution is 7.92. The molecule has 0 spiro atoms. The molecule has 6 rings (SSSR count). The Labute approximate surface area is 294 Å². The van der Waals surface area contributed by atoms with Crippen LogP contribution >= 0.6 is 0 Å². The molecule has 1 N–H and O–H groups in total. The molecule has 3 aromatic carbocycles. The lowest BCUT2D eigenvalue weighted by Gasteiger charge is -2.35. The van der Waals surface area contributed by atoms with Crippen molar-refractivity contribution in [2.24, 2.45) is 0 Å². The summed E-state index contributed by atoms with van der Waals surface area (Å²) in [6.07, 6.45) is 0.406. The van der Waals surface area contributed by atoms with Crippen molar-refractivity contribution in [3.63, 3.8) is 0 Å². The first-order chi connectivity index (χ1) is 23.6. The standard InChI is InChI=1S/C36H45FN6O5SSi/c1-9-20-49(44,45)41-27-14-11-13-25(30(27)37)24-21-26-32(29(22-24)46-6)38-34(40-33(26)42-16-18-47-19-17-42)43-28-15-10-12-23(2)31(28)39-35(43)48-50(7,8)36(3,4)5/h10-15,21-22,41H,9,16-20H2,1-8H3. The van der Waals surface area contributed by atoms with Crippen molar-refractivity contribution >= 4 is 51.8 Å². The van der Waals surface area contributed by atoms with Gasteiger partial charge in [0.15, 0.2) is 5.82 Å². The second-order valence-corrected chi connectivity index (χ2v) is 20.7. The third-order valence-corrected chi connectivity index (χ3v) is 15.3. The van der Waals surface area contributed by atoms with Crippen LogP contribution in [0.5, 0.6) is 11.8 Å². The van der Waals surface area contributed by atoms with E-state index >= 15 is 4.39 Å². The van der Waals surface area contributed by atoms with E-state index in [2.05, 4.69) is 43.5 Å². The molecule has 3 heterocycles. The zero-order valence-corrected chi connectivity index (χ0v) is 31.7. The summed E-state index contributed by atoms with van der Waals surface area (Å²) in [5.74, 6) is 0.593. The van der Waals surface area contributed by atoms with Gasteiger partial charge in [-0.25, -0.2) is 22.4 Å². The van der Waals surface area contributed by atoms with Crippen molar-refractivity contribution in [3.05, 3.63) is 59.9 Å². The van der Waals surface area contributed by atoms with Crippen molar-refractivity contribution in [3.8, 4) is 28.8 Å². The number of para-hydroxylation sites is 1. The first kappa shape index (κ1) is 35.5. The summed E-state index contributed by atoms with van der Waals surface area (Å²) < 4.78 is 63.9. The number of sulfonamides is 1. The number of nitrogens with one attached hydrogen (secondary N) is 1. The maximum Gasteiger partial charge on any atom is 0.290 e. The molecule has 11 nitrogen and oxygen atoms in total. The van der Waals surface area contributed by atoms with E-state index < -0.39 is 24.2 Å². The third-order valence-electron chi connectivity index (χ3n) is 9.52. The number of fused-ring (bicyclic) bond motifs is 2. The van der Waals surface area contributed by atoms with Crippen LogP contribution in [0.25, 0.3) is 39.0 Å². The highest BCUT2D eigenvalue weighted by Gasteiger charge is 2.41. The number of anilines is 2. The van der Waals surface area contributed by atoms with Crippen LogP contribution in [0.2, 0.25) is 18.1 Å². The molecule has 1 aliphatic heterocycles. The van der Waals surface area contributed by atoms with E-state index in [0.717, 1.165) is 16.6 Å². The van der Waals surface area contributed by atoms with Gasteiger partial charge in [-0.2, -0.15) is 9.97 Å². The lowest BCUT2D eigenvalue weighted by atomic mass is 10.0. The highest BCUT2D eigenvalue weighted by Crippen LogP contribution is 2.41. The fourth-order valence-corrected chi connectivity index (χ4v) is 7.81. The third kappa shape index (κ3) is 6.75. The summed E-state index contributed by atoms with van der Waals surface area (Å²) in [5.41, 5.74) is 3.71. The van der Waals surface area contributed by atoms with Gasteiger partial charge in [-0.3, -0.25) is 4.72 Å². The Kier molecular flexibility index (Phi) is 9.57. The Bertz CT molecular complexity index is 2180. The quantitative estimate of drug-likeness (QED) is 0.147. The van der Waals surface area contributed by atoms with Gasteiger partial charge >= 0.3 is 0 Å². The molecule has 1 aliphatic rings. The second-order valence-electron chi connectivity index (χ2n) is 14.1. The smallest absolute Gasteiger partial charge is 0.290 e. The normalized spacial score (nSPS) is 14.4. The summed E-state index contributed by atoms with van der Waals surface area (Å²) in [4.78, 5) is 17.4. The first-order valence-corrected chi connectivity index (χ1v) is 21.4. The van der Waals surface area contributed by atoms with Crippen molar-refractivity contribution < 1.29 is 26.7 Å². The number of hydrogen-bond acceptors (Lipinski definition) is 9. The zero-order valence-electron chi connectivity index (χ0n) is 29.9. The number of benzene rings is 3. The highest BCUT2D eigenvalue weighted by atomic mass is 32.2. The van der Waals surface area contributed by atoms with E-state index in [1.54, 1.807) is 32.2 Å². The number of rotatable bonds is 10. The molecule has 0 amide bonds. The predicted molar refractivity (Wildman–Crippen MR) is 199 cm³/mol. The molecule has 5 aromatic rings. The Morgan fingerprint density at radius 2 is 1.74 bits per heavy atom. The van der Waals surface area contributed by atoms with Gasteiger partial charge in [-0.1, -0.05) is 52.0 Å². The van der Waals surface area contributed by atoms with Crippen LogP contribution in [0.15, 0.2) is 48.5 Å². The van der Waals surface area contributed by atoms with Gasteiger partial charge in [-0.05, 0) is 66.9 Å². The monoisotopic (exact) mass is 720 g/mol. The summed E-state index contributed by atoms with van der Waals surface area (Å²) in [5, 5.41) is 0.560. The second kappa shape index (κ2) is 13.5. The molecular formula is C36H45FN6O5SSi. The Morgan fingerprint density at radius 1 is 1.02 bits per heavy atom. The summed E-state index contributed by atoms with van der Waals surface area (Å²) in [7, 11) is -4.52. The van der Waals surface area contributed by atoms with E-state index in [1.165, 1.54) is 6.07 Å². The summed E-state index contributed by atoms with van der Waals surface area (Å²) >= 11 is 0. The Hall–Kier alpha value is -4.27. The van der Waals surface area contributed by atoms with E-state index in [1.807, 2.05) is 35.8 Å². The molecule has 50 heavy (non-hydrogen) atoms. The maximum absolute atomic E-state index is 16.1. The molecule has 266 valence electrons. The van der Waals surface area contributed by atoms with E-state index in [-0.39, 0.29) is 22.0 Å². The van der Waals surface area contributed by atoms with Gasteiger partial charge in [-0.15, -0.1) is 0 Å². The molecule has 0 bridgehead atoms. The average molecular weight is 721 g/mol. The number of aryl methyl sites for hydroxylation is 1. The predicted octanol–water partition coefficient (Wildman–Crippen LogP) is 7.46. The van der Waals surface area contributed by atoms with Gasteiger partial charge in [0.1, 0.15) is 17.1 Å². The number of methoxy groups -OCH3 is 1. The molecule has 1 fully saturated rings. The minimum atomic E-state index is -3.71. The van der Waals surface area contributed by atoms with Crippen LogP contribution in [-0.2, 0) is 14.8 Å². The number of nitrogens with zero attached hydrogens (tertiary/aromatic N) is 5. The van der Waals surface area contributed by atoms with Gasteiger partial charge in [0.05, 0.1) is 42.8 Å². The summed E-state index contributed by atoms with van der Waals surface area (Å²) in [6, 6.07) is 14.6. The first-order valence-electron chi connectivity index (χ1n) is 16.8. The zero-order chi connectivity index (χ0) is 36.0. The van der Waals surface area contributed by atoms with E-state index in [4.69, 9.17) is 28.9 Å². The lowest BCUT2D eigenvalue weighted by Crippen LogP contribution is -2.44. The molecule has 0 unspecified atom stereocenters. The van der Waals surface area contributed by atoms with E-state index in [0.29, 0.717) is 72.7 Å². The van der Waals surface area contributed by atoms with Crippen molar-refractivity contribution in [1.29, 1.82) is 0 Å². The lowest BCUT2D eigenvalue weighted by molar-refractivity contribution is 0.122. The molecule has 1 saturated heterocycles. The van der Waals surface area contributed by atoms with Crippen LogP contribution in [0.4, 0.5) is 15.9 Å². The largest absolute Gasteiger partial charge is 0.518 e. The Balaban J connectivity index is 1.60. The van der Waals surface area contributed by atoms with Crippen LogP contribution in [0, 0.1) is 12.7 Å². The van der Waals surface area contributed by atoms with Crippen LogP contribution < -0.4 is 18.8 Å². The van der Waals surface area contributed by atoms with Gasteiger partial charge in [0.2, 0.25) is 16.0 Å². The molecule has 2 aromatic heterocycles. The SMILES string of the molecule is CCCS(=O)(=O)Nc1cccc(-c2cc(OC)c3nc(-n4c(O[Si](C)(C)C(C)(C)C)nc5c(C)cccc54)nc(N4CCOCC4)c3c2)c1F. The minimum absolute atomic E-state index is 0.0872. The van der Waals surface area contributed by atoms with Crippen molar-refractivity contribution in [2.75, 3.05) is 48.8 Å². The van der Waals surface area contributed by atoms with E-state index in [9.17, 15) is 8.42 Å². The van der Waals surface area contributed by atoms with Gasteiger partial charge < -0.3 is 18.8 Å². The number of imidazole rings is 1. The Morgan fingerprint density at radius 3 is 2.42 bits per heavy atom. The summed E-state index contributed by atoms with van der Waals surface area (Å²) in [6.45, 7) is 16.9. The average Bonchev–Trinajstić information content (AvgIpc) is 3.43. The van der Waals surface area contributed by atoms with Crippen molar-refractivity contribution in [2.45, 2.75) is 59.2 Å². The maximum atomic E-state index is 16.1. The molecule has 0 radical (unpaired) electrons. The van der Waals surface area contributed by atoms with Crippen LogP contribution in [-0.4, -0.2) is 75.4 Å².